The Morgan fingerprint density at radius 1 is 1.36 bits per heavy atom. The number of hydrogen-bond acceptors (Lipinski definition) is 1. The van der Waals surface area contributed by atoms with Crippen LogP contribution in [0.1, 0.15) is 12.8 Å². The minimum atomic E-state index is -0.980. The van der Waals surface area contributed by atoms with Gasteiger partial charge in [-0.15, -0.1) is 23.2 Å². The predicted molar refractivity (Wildman–Crippen MR) is 57.8 cm³/mol. The summed E-state index contributed by atoms with van der Waals surface area (Å²) in [4.78, 5) is 9.37. The van der Waals surface area contributed by atoms with Gasteiger partial charge in [0.2, 0.25) is 5.91 Å². The van der Waals surface area contributed by atoms with Gasteiger partial charge in [0.25, 0.3) is 0 Å². The number of carbonyl (C=O) groups excluding carboxylic acids is 1. The van der Waals surface area contributed by atoms with Crippen LogP contribution in [0.5, 0.6) is 0 Å². The van der Waals surface area contributed by atoms with Gasteiger partial charge in [0.05, 0.1) is 25.7 Å². The number of primary amides is 1. The highest BCUT2D eigenvalue weighted by Crippen LogP contribution is 2.65. The molecule has 0 saturated heterocycles. The quantitative estimate of drug-likeness (QED) is 0.734. The van der Waals surface area contributed by atoms with Gasteiger partial charge in [-0.05, 0) is 12.8 Å². The van der Waals surface area contributed by atoms with Crippen LogP contribution in [0.15, 0.2) is 10.1 Å². The molecule has 1 fully saturated rings. The summed E-state index contributed by atoms with van der Waals surface area (Å²) in [6, 6.07) is 0. The maximum Gasteiger partial charge on any atom is 0.222 e. The van der Waals surface area contributed by atoms with Crippen LogP contribution < -0.4 is 5.73 Å². The number of nitrogens with two attached hydrogens (primary N) is 1. The van der Waals surface area contributed by atoms with E-state index in [1.165, 1.54) is 0 Å². The van der Waals surface area contributed by atoms with Crippen molar-refractivity contribution in [1.82, 2.24) is 0 Å². The highest BCUT2D eigenvalue weighted by atomic mass is 35.5. The van der Waals surface area contributed by atoms with Gasteiger partial charge in [0, 0.05) is 0 Å². The summed E-state index contributed by atoms with van der Waals surface area (Å²) in [5.41, 5.74) is 5.23. The van der Waals surface area contributed by atoms with E-state index in [0.717, 1.165) is 0 Å². The largest absolute Gasteiger partial charge is 0.369 e. The van der Waals surface area contributed by atoms with Crippen LogP contribution in [0.2, 0.25) is 0 Å². The summed E-state index contributed by atoms with van der Waals surface area (Å²) in [6.07, 6.45) is 0.733. The summed E-state index contributed by atoms with van der Waals surface area (Å²) < 4.78 is 0. The Morgan fingerprint density at radius 2 is 1.93 bits per heavy atom. The van der Waals surface area contributed by atoms with Gasteiger partial charge in [0.1, 0.15) is 0 Å². The second kappa shape index (κ2) is 2.94. The number of fused-ring (bicyclic) bond motifs is 2. The van der Waals surface area contributed by atoms with Crippen molar-refractivity contribution in [2.75, 3.05) is 0 Å². The van der Waals surface area contributed by atoms with E-state index in [4.69, 9.17) is 52.1 Å². The molecule has 1 saturated carbocycles. The van der Waals surface area contributed by atoms with Gasteiger partial charge < -0.3 is 5.73 Å². The molecule has 0 unspecified atom stereocenters. The van der Waals surface area contributed by atoms with Crippen molar-refractivity contribution < 1.29 is 4.79 Å². The van der Waals surface area contributed by atoms with E-state index in [0.29, 0.717) is 17.9 Å². The minimum absolute atomic E-state index is 0.269. The van der Waals surface area contributed by atoms with E-state index in [-0.39, 0.29) is 5.03 Å². The van der Waals surface area contributed by atoms with Gasteiger partial charge in [-0.1, -0.05) is 23.2 Å². The molecule has 2 N–H and O–H groups in total. The first kappa shape index (κ1) is 10.9. The zero-order valence-corrected chi connectivity index (χ0v) is 10.0. The molecule has 0 spiro atoms. The van der Waals surface area contributed by atoms with Crippen LogP contribution in [0.3, 0.4) is 0 Å². The normalized spacial score (nSPS) is 46.1. The molecular formula is C8H7Cl4NO. The Balaban J connectivity index is 2.50. The molecule has 0 radical (unpaired) electrons. The number of allylic oxidation sites excluding steroid dienone is 2. The Labute approximate surface area is 101 Å². The number of alkyl halides is 2. The molecule has 0 heterocycles. The van der Waals surface area contributed by atoms with E-state index in [2.05, 4.69) is 0 Å². The van der Waals surface area contributed by atoms with E-state index in [1.807, 2.05) is 0 Å². The molecule has 2 aliphatic rings. The third-order valence-corrected chi connectivity index (χ3v) is 5.34. The molecule has 0 aromatic heterocycles. The van der Waals surface area contributed by atoms with Crippen LogP contribution in [0, 0.1) is 5.92 Å². The van der Waals surface area contributed by atoms with Crippen molar-refractivity contribution >= 4 is 52.3 Å². The fourth-order valence-electron chi connectivity index (χ4n) is 2.19. The van der Waals surface area contributed by atoms with Crippen molar-refractivity contribution in [1.29, 1.82) is 0 Å². The zero-order valence-electron chi connectivity index (χ0n) is 6.99. The lowest BCUT2D eigenvalue weighted by atomic mass is 9.92. The van der Waals surface area contributed by atoms with Crippen LogP contribution in [-0.4, -0.2) is 15.7 Å². The summed E-state index contributed by atoms with van der Waals surface area (Å²) in [6.45, 7) is 0. The molecule has 14 heavy (non-hydrogen) atoms. The molecule has 78 valence electrons. The molecule has 2 rings (SSSR count). The highest BCUT2D eigenvalue weighted by Gasteiger charge is 2.64. The van der Waals surface area contributed by atoms with Crippen LogP contribution in [-0.2, 0) is 4.79 Å². The SMILES string of the molecule is NC(=O)[C@@H]1C[C@]2(Cl)C[C@@]1(Cl)C(Cl)=C2Cl. The van der Waals surface area contributed by atoms with Crippen molar-refractivity contribution in [3.05, 3.63) is 10.1 Å². The third-order valence-electron chi connectivity index (χ3n) is 2.91. The van der Waals surface area contributed by atoms with Crippen molar-refractivity contribution in [3.8, 4) is 0 Å². The highest BCUT2D eigenvalue weighted by molar-refractivity contribution is 6.51. The van der Waals surface area contributed by atoms with Crippen molar-refractivity contribution in [3.63, 3.8) is 0 Å². The molecule has 3 atom stereocenters. The number of halogens is 4. The lowest BCUT2D eigenvalue weighted by molar-refractivity contribution is -0.122. The average molecular weight is 275 g/mol. The lowest BCUT2D eigenvalue weighted by Crippen LogP contribution is -2.38. The van der Waals surface area contributed by atoms with Crippen LogP contribution in [0.25, 0.3) is 0 Å². The topological polar surface area (TPSA) is 43.1 Å². The van der Waals surface area contributed by atoms with Crippen LogP contribution in [0.4, 0.5) is 0 Å². The van der Waals surface area contributed by atoms with Crippen molar-refractivity contribution in [2.24, 2.45) is 11.7 Å². The maximum absolute atomic E-state index is 11.1. The summed E-state index contributed by atoms with van der Waals surface area (Å²) in [7, 11) is 0. The van der Waals surface area contributed by atoms with Crippen molar-refractivity contribution in [2.45, 2.75) is 22.6 Å². The van der Waals surface area contributed by atoms with E-state index in [9.17, 15) is 4.79 Å². The minimum Gasteiger partial charge on any atom is -0.369 e. The molecule has 1 amide bonds. The van der Waals surface area contributed by atoms with Gasteiger partial charge in [0.15, 0.2) is 0 Å². The van der Waals surface area contributed by atoms with Gasteiger partial charge >= 0.3 is 0 Å². The molecule has 2 nitrogen and oxygen atoms in total. The fourth-order valence-corrected chi connectivity index (χ4v) is 4.02. The second-order valence-electron chi connectivity index (χ2n) is 3.79. The third kappa shape index (κ3) is 1.15. The molecule has 0 aromatic rings. The summed E-state index contributed by atoms with van der Waals surface area (Å²) in [5, 5.41) is 0.624. The van der Waals surface area contributed by atoms with Gasteiger partial charge in [-0.3, -0.25) is 4.79 Å². The molecule has 0 aliphatic heterocycles. The standard InChI is InChI=1S/C8H7Cl4NO/c9-4-5(10)8(12)2-7(4,11)1-3(8)6(13)14/h3H,1-2H2,(H2,13,14)/t3-,7-,8-/m0/s1. The fraction of sp³-hybridized carbons (Fsp3) is 0.625. The van der Waals surface area contributed by atoms with E-state index >= 15 is 0 Å². The first-order valence-electron chi connectivity index (χ1n) is 4.04. The Bertz CT molecular complexity index is 355. The number of amides is 1. The van der Waals surface area contributed by atoms with Crippen LogP contribution >= 0.6 is 46.4 Å². The summed E-state index contributed by atoms with van der Waals surface area (Å²) in [5.74, 6) is -1.01. The molecular weight excluding hydrogens is 268 g/mol. The first-order valence-corrected chi connectivity index (χ1v) is 5.56. The number of carbonyl (C=O) groups is 1. The molecule has 2 bridgehead atoms. The zero-order chi connectivity index (χ0) is 10.7. The lowest BCUT2D eigenvalue weighted by Gasteiger charge is -2.27. The first-order chi connectivity index (χ1) is 6.31. The molecule has 6 heteroatoms. The number of hydrogen-bond donors (Lipinski definition) is 1. The Hall–Kier alpha value is 0.370. The second-order valence-corrected chi connectivity index (χ2v) is 5.95. The Kier molecular flexibility index (Phi) is 2.29. The van der Waals surface area contributed by atoms with Gasteiger partial charge in [-0.2, -0.15) is 0 Å². The van der Waals surface area contributed by atoms with E-state index < -0.39 is 21.6 Å². The monoisotopic (exact) mass is 273 g/mol. The number of rotatable bonds is 1. The molecule has 0 aromatic carbocycles. The smallest absolute Gasteiger partial charge is 0.222 e. The summed E-state index contributed by atoms with van der Waals surface area (Å²) >= 11 is 24.3. The van der Waals surface area contributed by atoms with E-state index in [1.54, 1.807) is 0 Å². The van der Waals surface area contributed by atoms with Gasteiger partial charge in [-0.25, -0.2) is 0 Å². The maximum atomic E-state index is 11.1. The molecule has 2 aliphatic carbocycles. The average Bonchev–Trinajstić information content (AvgIpc) is 2.44. The predicted octanol–water partition coefficient (Wildman–Crippen LogP) is 2.54. The Morgan fingerprint density at radius 3 is 2.29 bits per heavy atom.